The number of carbonyl (C=O) groups is 2. The van der Waals surface area contributed by atoms with Crippen LogP contribution in [0.4, 0.5) is 18.9 Å². The third-order valence-corrected chi connectivity index (χ3v) is 4.54. The van der Waals surface area contributed by atoms with E-state index in [2.05, 4.69) is 10.3 Å². The van der Waals surface area contributed by atoms with Crippen LogP contribution >= 0.6 is 0 Å². The molecule has 7 nitrogen and oxygen atoms in total. The van der Waals surface area contributed by atoms with Crippen molar-refractivity contribution in [2.75, 3.05) is 5.32 Å². The summed E-state index contributed by atoms with van der Waals surface area (Å²) in [6, 6.07) is 9.25. The zero-order valence-electron chi connectivity index (χ0n) is 17.2. The molecule has 0 unspecified atom stereocenters. The molecule has 1 aromatic heterocycles. The van der Waals surface area contributed by atoms with Crippen LogP contribution < -0.4 is 16.5 Å². The van der Waals surface area contributed by atoms with Crippen LogP contribution in [0.5, 0.6) is 0 Å². The Balaban J connectivity index is 1.94. The van der Waals surface area contributed by atoms with E-state index in [0.29, 0.717) is 22.2 Å². The second kappa shape index (κ2) is 8.56. The number of nitrogens with one attached hydrogen (secondary N) is 2. The predicted molar refractivity (Wildman–Crippen MR) is 112 cm³/mol. The van der Waals surface area contributed by atoms with Crippen LogP contribution in [-0.4, -0.2) is 27.5 Å². The molecule has 0 fully saturated rings. The van der Waals surface area contributed by atoms with Crippen molar-refractivity contribution in [2.24, 2.45) is 5.73 Å². The number of nitrogens with two attached hydrogens (primary N) is 1. The van der Waals surface area contributed by atoms with E-state index in [0.717, 1.165) is 12.1 Å². The van der Waals surface area contributed by atoms with E-state index in [9.17, 15) is 22.8 Å². The lowest BCUT2D eigenvalue weighted by Gasteiger charge is -2.20. The Morgan fingerprint density at radius 2 is 1.75 bits per heavy atom. The Labute approximate surface area is 181 Å². The Morgan fingerprint density at radius 3 is 2.38 bits per heavy atom. The van der Waals surface area contributed by atoms with Gasteiger partial charge in [0.15, 0.2) is 0 Å². The lowest BCUT2D eigenvalue weighted by atomic mass is 9.93. The van der Waals surface area contributed by atoms with Crippen LogP contribution in [0.25, 0.3) is 10.9 Å². The highest BCUT2D eigenvalue weighted by Gasteiger charge is 2.32. The van der Waals surface area contributed by atoms with Crippen LogP contribution in [0.2, 0.25) is 0 Å². The maximum Gasteiger partial charge on any atom is 0.416 e. The van der Waals surface area contributed by atoms with Crippen LogP contribution in [-0.2, 0) is 12.6 Å². The summed E-state index contributed by atoms with van der Waals surface area (Å²) in [7, 11) is 0. The average molecular weight is 446 g/mol. The summed E-state index contributed by atoms with van der Waals surface area (Å²) in [6.45, 7) is 3.36. The van der Waals surface area contributed by atoms with E-state index in [-0.39, 0.29) is 17.5 Å². The molecule has 0 spiro atoms. The molecule has 0 aliphatic carbocycles. The summed E-state index contributed by atoms with van der Waals surface area (Å²) in [6.07, 6.45) is -3.20. The second-order valence-electron chi connectivity index (χ2n) is 8.11. The molecule has 0 bridgehead atoms. The normalized spacial score (nSPS) is 12.0. The smallest absolute Gasteiger partial charge is 0.325 e. The first-order chi connectivity index (χ1) is 14.9. The van der Waals surface area contributed by atoms with E-state index < -0.39 is 29.1 Å². The monoisotopic (exact) mass is 446 g/mol. The number of pyridine rings is 1. The maximum atomic E-state index is 13.4. The van der Waals surface area contributed by atoms with Crippen molar-refractivity contribution < 1.29 is 28.0 Å². The molecule has 2 aromatic carbocycles. The molecule has 0 saturated carbocycles. The van der Waals surface area contributed by atoms with E-state index in [4.69, 9.17) is 10.9 Å². The maximum absolute atomic E-state index is 13.4. The summed E-state index contributed by atoms with van der Waals surface area (Å²) < 4.78 is 40.1. The summed E-state index contributed by atoms with van der Waals surface area (Å²) in [4.78, 5) is 28.4. The Kier molecular flexibility index (Phi) is 6.20. The van der Waals surface area contributed by atoms with E-state index in [1.807, 2.05) is 0 Å². The van der Waals surface area contributed by atoms with Gasteiger partial charge in [0.2, 0.25) is 0 Å². The highest BCUT2D eigenvalue weighted by molar-refractivity contribution is 6.05. The molecule has 2 amide bonds. The number of halogens is 3. The lowest BCUT2D eigenvalue weighted by Crippen LogP contribution is -2.34. The number of hydroxylamine groups is 1. The molecule has 32 heavy (non-hydrogen) atoms. The van der Waals surface area contributed by atoms with Gasteiger partial charge in [-0.15, -0.1) is 0 Å². The number of hydrogen-bond donors (Lipinski definition) is 4. The Morgan fingerprint density at radius 1 is 1.03 bits per heavy atom. The first kappa shape index (κ1) is 23.2. The number of benzene rings is 2. The van der Waals surface area contributed by atoms with Gasteiger partial charge in [-0.2, -0.15) is 13.2 Å². The molecule has 168 valence electrons. The number of aromatic nitrogens is 1. The number of hydrogen-bond acceptors (Lipinski definition) is 5. The van der Waals surface area contributed by atoms with Gasteiger partial charge in [0.25, 0.3) is 11.8 Å². The van der Waals surface area contributed by atoms with Crippen LogP contribution in [0.1, 0.15) is 45.7 Å². The molecule has 1 heterocycles. The van der Waals surface area contributed by atoms with Crippen LogP contribution in [0.15, 0.2) is 48.7 Å². The molecule has 0 atom stereocenters. The Hall–Kier alpha value is -3.50. The van der Waals surface area contributed by atoms with Crippen molar-refractivity contribution in [3.63, 3.8) is 0 Å². The average Bonchev–Trinajstić information content (AvgIpc) is 2.70. The van der Waals surface area contributed by atoms with E-state index >= 15 is 0 Å². The van der Waals surface area contributed by atoms with Crippen molar-refractivity contribution in [3.8, 4) is 0 Å². The molecule has 3 aromatic rings. The minimum absolute atomic E-state index is 0.0930. The largest absolute Gasteiger partial charge is 0.416 e. The summed E-state index contributed by atoms with van der Waals surface area (Å²) in [5.41, 5.74) is 6.78. The highest BCUT2D eigenvalue weighted by Crippen LogP contribution is 2.31. The second-order valence-corrected chi connectivity index (χ2v) is 8.11. The number of anilines is 1. The number of alkyl halides is 3. The minimum atomic E-state index is -4.62. The zero-order valence-corrected chi connectivity index (χ0v) is 17.2. The number of carbonyl (C=O) groups excluding carboxylic acids is 2. The van der Waals surface area contributed by atoms with Gasteiger partial charge in [-0.25, -0.2) is 5.48 Å². The van der Waals surface area contributed by atoms with Gasteiger partial charge >= 0.3 is 6.18 Å². The number of fused-ring (bicyclic) bond motifs is 1. The Bertz CT molecular complexity index is 1190. The number of amides is 2. The molecule has 0 aliphatic heterocycles. The van der Waals surface area contributed by atoms with Gasteiger partial charge in [-0.1, -0.05) is 0 Å². The van der Waals surface area contributed by atoms with E-state index in [1.54, 1.807) is 19.9 Å². The highest BCUT2D eigenvalue weighted by atomic mass is 19.4. The molecule has 0 saturated heterocycles. The van der Waals surface area contributed by atoms with Crippen molar-refractivity contribution >= 4 is 28.4 Å². The predicted octanol–water partition coefficient (Wildman–Crippen LogP) is 3.90. The molecule has 3 rings (SSSR count). The lowest BCUT2D eigenvalue weighted by molar-refractivity contribution is -0.137. The van der Waals surface area contributed by atoms with Crippen molar-refractivity contribution in [1.82, 2.24) is 10.5 Å². The summed E-state index contributed by atoms with van der Waals surface area (Å²) in [5.74, 6) is -1.49. The standard InChI is InChI=1S/C22H21F3N4O3/c1-21(2,26)10-12-5-14(8-16(6-12)22(23,24)25)19(30)28-17-3-4-18-13(9-17)7-15(11-27-18)20(31)29-32/h3-9,11,32H,10,26H2,1-2H3,(H,28,30)(H,29,31). The number of rotatable bonds is 5. The molecule has 5 N–H and O–H groups in total. The SMILES string of the molecule is CC(C)(N)Cc1cc(C(=O)Nc2ccc3ncc(C(=O)NO)cc3c2)cc(C(F)(F)F)c1. The minimum Gasteiger partial charge on any atom is -0.325 e. The van der Waals surface area contributed by atoms with E-state index in [1.165, 1.54) is 35.9 Å². The first-order valence-corrected chi connectivity index (χ1v) is 9.51. The van der Waals surface area contributed by atoms with Crippen LogP contribution in [0, 0.1) is 0 Å². The molecule has 10 heteroatoms. The molecule has 0 radical (unpaired) electrons. The molecular formula is C22H21F3N4O3. The van der Waals surface area contributed by atoms with Crippen molar-refractivity contribution in [1.29, 1.82) is 0 Å². The molecule has 0 aliphatic rings. The fourth-order valence-corrected chi connectivity index (χ4v) is 3.22. The van der Waals surface area contributed by atoms with Gasteiger partial charge < -0.3 is 11.1 Å². The third-order valence-electron chi connectivity index (χ3n) is 4.54. The quantitative estimate of drug-likeness (QED) is 0.350. The fourth-order valence-electron chi connectivity index (χ4n) is 3.22. The van der Waals surface area contributed by atoms with Gasteiger partial charge in [-0.3, -0.25) is 19.8 Å². The van der Waals surface area contributed by atoms with Crippen molar-refractivity contribution in [3.05, 3.63) is 70.9 Å². The third kappa shape index (κ3) is 5.59. The topological polar surface area (TPSA) is 117 Å². The van der Waals surface area contributed by atoms with Gasteiger partial charge in [0.1, 0.15) is 0 Å². The zero-order chi connectivity index (χ0) is 23.7. The fraction of sp³-hybridized carbons (Fsp3) is 0.227. The van der Waals surface area contributed by atoms with Gasteiger partial charge in [0, 0.05) is 28.4 Å². The summed E-state index contributed by atoms with van der Waals surface area (Å²) >= 11 is 0. The van der Waals surface area contributed by atoms with Gasteiger partial charge in [0.05, 0.1) is 16.6 Å². The number of nitrogens with zero attached hydrogens (tertiary/aromatic N) is 1. The van der Waals surface area contributed by atoms with Crippen molar-refractivity contribution in [2.45, 2.75) is 32.0 Å². The van der Waals surface area contributed by atoms with Gasteiger partial charge in [-0.05, 0) is 68.3 Å². The van der Waals surface area contributed by atoms with Crippen LogP contribution in [0.3, 0.4) is 0 Å². The summed E-state index contributed by atoms with van der Waals surface area (Å²) in [5, 5.41) is 11.8. The molecular weight excluding hydrogens is 425 g/mol. The first-order valence-electron chi connectivity index (χ1n) is 9.51.